The number of pyridine rings is 1. The van der Waals surface area contributed by atoms with Crippen molar-refractivity contribution in [2.24, 2.45) is 0 Å². The first kappa shape index (κ1) is 15.0. The molecule has 0 saturated heterocycles. The van der Waals surface area contributed by atoms with E-state index >= 15 is 0 Å². The van der Waals surface area contributed by atoms with E-state index in [4.69, 9.17) is 4.74 Å². The van der Waals surface area contributed by atoms with Crippen molar-refractivity contribution in [1.29, 1.82) is 0 Å². The normalized spacial score (nSPS) is 10.2. The van der Waals surface area contributed by atoms with Gasteiger partial charge in [-0.05, 0) is 25.1 Å². The first-order chi connectivity index (χ1) is 10.2. The number of para-hydroxylation sites is 1. The number of rotatable bonds is 6. The van der Waals surface area contributed by atoms with Crippen LogP contribution in [0.5, 0.6) is 0 Å². The van der Waals surface area contributed by atoms with E-state index in [0.717, 1.165) is 23.5 Å². The lowest BCUT2D eigenvalue weighted by Gasteiger charge is -2.10. The van der Waals surface area contributed by atoms with Gasteiger partial charge in [-0.2, -0.15) is 0 Å². The standard InChI is InChI=1S/C16H19N3O2/c1-3-17-13-8-9-15(18-10-13)16(20)19-14-7-5-4-6-12(14)11-21-2/h4-10,17H,3,11H2,1-2H3,(H,19,20). The predicted octanol–water partition coefficient (Wildman–Crippen LogP) is 2.91. The Morgan fingerprint density at radius 1 is 1.24 bits per heavy atom. The lowest BCUT2D eigenvalue weighted by atomic mass is 10.2. The van der Waals surface area contributed by atoms with Crippen LogP contribution in [-0.4, -0.2) is 24.5 Å². The van der Waals surface area contributed by atoms with Crippen molar-refractivity contribution in [2.75, 3.05) is 24.3 Å². The average molecular weight is 285 g/mol. The van der Waals surface area contributed by atoms with Crippen LogP contribution in [-0.2, 0) is 11.3 Å². The van der Waals surface area contributed by atoms with Crippen LogP contribution in [0.3, 0.4) is 0 Å². The van der Waals surface area contributed by atoms with Gasteiger partial charge < -0.3 is 15.4 Å². The third kappa shape index (κ3) is 4.03. The first-order valence-corrected chi connectivity index (χ1v) is 6.82. The SMILES string of the molecule is CCNc1ccc(C(=O)Nc2ccccc2COC)nc1. The number of hydrogen-bond acceptors (Lipinski definition) is 4. The largest absolute Gasteiger partial charge is 0.384 e. The van der Waals surface area contributed by atoms with Crippen molar-refractivity contribution in [3.63, 3.8) is 0 Å². The van der Waals surface area contributed by atoms with Gasteiger partial charge in [0.25, 0.3) is 5.91 Å². The van der Waals surface area contributed by atoms with E-state index in [2.05, 4.69) is 15.6 Å². The number of carbonyl (C=O) groups is 1. The lowest BCUT2D eigenvalue weighted by Crippen LogP contribution is -2.15. The molecule has 0 fully saturated rings. The molecule has 0 aliphatic rings. The molecule has 110 valence electrons. The molecule has 1 amide bonds. The van der Waals surface area contributed by atoms with Gasteiger partial charge in [0.2, 0.25) is 0 Å². The molecule has 0 aliphatic heterocycles. The number of nitrogens with zero attached hydrogens (tertiary/aromatic N) is 1. The van der Waals surface area contributed by atoms with Crippen LogP contribution in [0.2, 0.25) is 0 Å². The van der Waals surface area contributed by atoms with Crippen LogP contribution in [0.1, 0.15) is 23.0 Å². The van der Waals surface area contributed by atoms with Gasteiger partial charge in [0.05, 0.1) is 18.5 Å². The van der Waals surface area contributed by atoms with E-state index in [1.165, 1.54) is 0 Å². The van der Waals surface area contributed by atoms with Crippen LogP contribution in [0.15, 0.2) is 42.6 Å². The summed E-state index contributed by atoms with van der Waals surface area (Å²) in [6.07, 6.45) is 1.65. The van der Waals surface area contributed by atoms with Gasteiger partial charge in [0, 0.05) is 24.9 Å². The monoisotopic (exact) mass is 285 g/mol. The number of aromatic nitrogens is 1. The van der Waals surface area contributed by atoms with E-state index in [9.17, 15) is 4.79 Å². The van der Waals surface area contributed by atoms with Gasteiger partial charge in [0.15, 0.2) is 0 Å². The molecule has 0 bridgehead atoms. The minimum atomic E-state index is -0.235. The topological polar surface area (TPSA) is 63.2 Å². The predicted molar refractivity (Wildman–Crippen MR) is 83.5 cm³/mol. The zero-order valence-electron chi connectivity index (χ0n) is 12.2. The number of benzene rings is 1. The summed E-state index contributed by atoms with van der Waals surface area (Å²) in [6, 6.07) is 11.1. The number of ether oxygens (including phenoxy) is 1. The number of hydrogen-bond donors (Lipinski definition) is 2. The zero-order valence-corrected chi connectivity index (χ0v) is 12.2. The molecule has 2 rings (SSSR count). The summed E-state index contributed by atoms with van der Waals surface area (Å²) >= 11 is 0. The second-order valence-electron chi connectivity index (χ2n) is 4.51. The average Bonchev–Trinajstić information content (AvgIpc) is 2.50. The first-order valence-electron chi connectivity index (χ1n) is 6.82. The zero-order chi connectivity index (χ0) is 15.1. The van der Waals surface area contributed by atoms with Gasteiger partial charge in [0.1, 0.15) is 5.69 Å². The van der Waals surface area contributed by atoms with Crippen molar-refractivity contribution in [3.05, 3.63) is 53.9 Å². The van der Waals surface area contributed by atoms with Gasteiger partial charge in [-0.3, -0.25) is 4.79 Å². The summed E-state index contributed by atoms with van der Waals surface area (Å²) in [7, 11) is 1.62. The lowest BCUT2D eigenvalue weighted by molar-refractivity contribution is 0.102. The Labute approximate surface area is 124 Å². The molecule has 0 unspecified atom stereocenters. The molecule has 0 saturated carbocycles. The van der Waals surface area contributed by atoms with E-state index in [0.29, 0.717) is 12.3 Å². The van der Waals surface area contributed by atoms with Gasteiger partial charge >= 0.3 is 0 Å². The second-order valence-corrected chi connectivity index (χ2v) is 4.51. The second kappa shape index (κ2) is 7.40. The summed E-state index contributed by atoms with van der Waals surface area (Å²) in [6.45, 7) is 3.27. The molecule has 5 nitrogen and oxygen atoms in total. The highest BCUT2D eigenvalue weighted by Crippen LogP contribution is 2.17. The highest BCUT2D eigenvalue weighted by atomic mass is 16.5. The molecule has 2 aromatic rings. The highest BCUT2D eigenvalue weighted by Gasteiger charge is 2.10. The minimum Gasteiger partial charge on any atom is -0.384 e. The van der Waals surface area contributed by atoms with Gasteiger partial charge in [-0.25, -0.2) is 4.98 Å². The Balaban J connectivity index is 2.10. The van der Waals surface area contributed by atoms with E-state index in [1.54, 1.807) is 19.4 Å². The number of anilines is 2. The number of methoxy groups -OCH3 is 1. The Morgan fingerprint density at radius 2 is 2.05 bits per heavy atom. The molecular formula is C16H19N3O2. The molecule has 5 heteroatoms. The highest BCUT2D eigenvalue weighted by molar-refractivity contribution is 6.03. The molecule has 21 heavy (non-hydrogen) atoms. The molecule has 2 N–H and O–H groups in total. The maximum absolute atomic E-state index is 12.2. The van der Waals surface area contributed by atoms with Crippen LogP contribution >= 0.6 is 0 Å². The van der Waals surface area contributed by atoms with Crippen LogP contribution in [0, 0.1) is 0 Å². The van der Waals surface area contributed by atoms with Crippen LogP contribution in [0.25, 0.3) is 0 Å². The van der Waals surface area contributed by atoms with Crippen molar-refractivity contribution >= 4 is 17.3 Å². The summed E-state index contributed by atoms with van der Waals surface area (Å²) in [4.78, 5) is 16.4. The van der Waals surface area contributed by atoms with Crippen molar-refractivity contribution in [1.82, 2.24) is 4.98 Å². The fraction of sp³-hybridized carbons (Fsp3) is 0.250. The van der Waals surface area contributed by atoms with E-state index in [-0.39, 0.29) is 5.91 Å². The number of nitrogens with one attached hydrogen (secondary N) is 2. The summed E-state index contributed by atoms with van der Waals surface area (Å²) in [5.74, 6) is -0.235. The minimum absolute atomic E-state index is 0.235. The smallest absolute Gasteiger partial charge is 0.274 e. The van der Waals surface area contributed by atoms with Gasteiger partial charge in [-0.15, -0.1) is 0 Å². The molecule has 0 atom stereocenters. The Hall–Kier alpha value is -2.40. The molecular weight excluding hydrogens is 266 g/mol. The Kier molecular flexibility index (Phi) is 5.29. The molecule has 1 aromatic carbocycles. The molecule has 0 aliphatic carbocycles. The van der Waals surface area contributed by atoms with Crippen LogP contribution in [0.4, 0.5) is 11.4 Å². The van der Waals surface area contributed by atoms with E-state index < -0.39 is 0 Å². The van der Waals surface area contributed by atoms with Gasteiger partial charge in [-0.1, -0.05) is 18.2 Å². The molecule has 1 aromatic heterocycles. The molecule has 0 spiro atoms. The maximum atomic E-state index is 12.2. The summed E-state index contributed by atoms with van der Waals surface area (Å²) in [5.41, 5.74) is 2.94. The fourth-order valence-corrected chi connectivity index (χ4v) is 1.95. The summed E-state index contributed by atoms with van der Waals surface area (Å²) in [5, 5.41) is 6.00. The van der Waals surface area contributed by atoms with Crippen LogP contribution < -0.4 is 10.6 Å². The maximum Gasteiger partial charge on any atom is 0.274 e. The molecule has 1 heterocycles. The molecule has 0 radical (unpaired) electrons. The van der Waals surface area contributed by atoms with Crippen molar-refractivity contribution in [2.45, 2.75) is 13.5 Å². The van der Waals surface area contributed by atoms with Crippen molar-refractivity contribution < 1.29 is 9.53 Å². The van der Waals surface area contributed by atoms with Crippen molar-refractivity contribution in [3.8, 4) is 0 Å². The number of carbonyl (C=O) groups excluding carboxylic acids is 1. The fourth-order valence-electron chi connectivity index (χ4n) is 1.95. The Bertz CT molecular complexity index is 597. The summed E-state index contributed by atoms with van der Waals surface area (Å²) < 4.78 is 5.12. The van der Waals surface area contributed by atoms with E-state index in [1.807, 2.05) is 37.3 Å². The quantitative estimate of drug-likeness (QED) is 0.856. The third-order valence-corrected chi connectivity index (χ3v) is 2.94. The third-order valence-electron chi connectivity index (χ3n) is 2.94. The number of amides is 1. The Morgan fingerprint density at radius 3 is 2.71 bits per heavy atom.